The maximum absolute atomic E-state index is 13.2. The number of carbonyl (C=O) groups excluding carboxylic acids is 1. The van der Waals surface area contributed by atoms with Gasteiger partial charge in [-0.3, -0.25) is 14.9 Å². The van der Waals surface area contributed by atoms with E-state index < -0.39 is 28.9 Å². The van der Waals surface area contributed by atoms with E-state index >= 15 is 0 Å². The van der Waals surface area contributed by atoms with Crippen molar-refractivity contribution in [1.82, 2.24) is 5.32 Å². The molecule has 2 aromatic rings. The third-order valence-electron chi connectivity index (χ3n) is 3.57. The minimum Gasteiger partial charge on any atom is -0.486 e. The topological polar surface area (TPSA) is 99.9 Å². The van der Waals surface area contributed by atoms with Gasteiger partial charge in [0.05, 0.1) is 11.5 Å². The van der Waals surface area contributed by atoms with Gasteiger partial charge in [-0.15, -0.1) is 0 Å². The van der Waals surface area contributed by atoms with Crippen molar-refractivity contribution >= 4 is 11.6 Å². The molecule has 1 heterocycles. The van der Waals surface area contributed by atoms with Crippen LogP contribution in [0.1, 0.15) is 0 Å². The standard InChI is InChI=1S/C17H15FN2O6/c18-11-5-6-13(20(22)23)16(7-11)25-10-17(21)19-8-12-9-24-14-3-1-2-4-15(14)26-12/h1-7,12H,8-10H2,(H,19,21)/t12-/m0/s1. The summed E-state index contributed by atoms with van der Waals surface area (Å²) in [6.07, 6.45) is -0.377. The summed E-state index contributed by atoms with van der Waals surface area (Å²) in [5, 5.41) is 13.5. The van der Waals surface area contributed by atoms with E-state index in [1.54, 1.807) is 12.1 Å². The molecule has 1 amide bonds. The lowest BCUT2D eigenvalue weighted by molar-refractivity contribution is -0.385. The molecule has 26 heavy (non-hydrogen) atoms. The molecule has 8 nitrogen and oxygen atoms in total. The van der Waals surface area contributed by atoms with Crippen LogP contribution in [0.2, 0.25) is 0 Å². The summed E-state index contributed by atoms with van der Waals surface area (Å²) in [6.45, 7) is -0.0518. The van der Waals surface area contributed by atoms with Crippen molar-refractivity contribution in [2.75, 3.05) is 19.8 Å². The number of carbonyl (C=O) groups is 1. The molecule has 136 valence electrons. The molecule has 0 fully saturated rings. The molecule has 1 aliphatic heterocycles. The third kappa shape index (κ3) is 4.18. The lowest BCUT2D eigenvalue weighted by Gasteiger charge is -2.26. The number of halogens is 1. The fraction of sp³-hybridized carbons (Fsp3) is 0.235. The number of ether oxygens (including phenoxy) is 3. The minimum absolute atomic E-state index is 0.168. The Balaban J connectivity index is 1.50. The van der Waals surface area contributed by atoms with Crippen LogP contribution < -0.4 is 19.5 Å². The molecule has 1 aliphatic rings. The van der Waals surface area contributed by atoms with Gasteiger partial charge in [0.25, 0.3) is 5.91 Å². The highest BCUT2D eigenvalue weighted by Gasteiger charge is 2.22. The predicted molar refractivity (Wildman–Crippen MR) is 87.9 cm³/mol. The van der Waals surface area contributed by atoms with Crippen LogP contribution in [-0.4, -0.2) is 36.7 Å². The van der Waals surface area contributed by atoms with Gasteiger partial charge in [-0.1, -0.05) is 12.1 Å². The molecular weight excluding hydrogens is 347 g/mol. The number of amides is 1. The Morgan fingerprint density at radius 2 is 2.08 bits per heavy atom. The van der Waals surface area contributed by atoms with E-state index in [4.69, 9.17) is 14.2 Å². The van der Waals surface area contributed by atoms with Gasteiger partial charge in [0.1, 0.15) is 18.5 Å². The summed E-state index contributed by atoms with van der Waals surface area (Å²) in [5.41, 5.74) is -0.417. The summed E-state index contributed by atoms with van der Waals surface area (Å²) >= 11 is 0. The highest BCUT2D eigenvalue weighted by atomic mass is 19.1. The normalized spacial score (nSPS) is 15.2. The first-order chi connectivity index (χ1) is 12.5. The van der Waals surface area contributed by atoms with Gasteiger partial charge >= 0.3 is 5.69 Å². The number of rotatable bonds is 6. The number of para-hydroxylation sites is 2. The minimum atomic E-state index is -0.711. The smallest absolute Gasteiger partial charge is 0.311 e. The van der Waals surface area contributed by atoms with Crippen LogP contribution in [-0.2, 0) is 4.79 Å². The first-order valence-corrected chi connectivity index (χ1v) is 7.75. The van der Waals surface area contributed by atoms with Gasteiger partial charge in [0.15, 0.2) is 18.1 Å². The van der Waals surface area contributed by atoms with E-state index in [9.17, 15) is 19.3 Å². The number of hydrogen-bond acceptors (Lipinski definition) is 6. The second kappa shape index (κ2) is 7.68. The Morgan fingerprint density at radius 1 is 1.31 bits per heavy atom. The lowest BCUT2D eigenvalue weighted by atomic mass is 10.2. The van der Waals surface area contributed by atoms with Gasteiger partial charge in [0.2, 0.25) is 5.75 Å². The zero-order valence-electron chi connectivity index (χ0n) is 13.5. The molecule has 2 aromatic carbocycles. The van der Waals surface area contributed by atoms with E-state index in [0.29, 0.717) is 11.5 Å². The van der Waals surface area contributed by atoms with Crippen molar-refractivity contribution < 1.29 is 28.3 Å². The van der Waals surface area contributed by atoms with E-state index in [2.05, 4.69) is 5.32 Å². The molecular formula is C17H15FN2O6. The fourth-order valence-electron chi connectivity index (χ4n) is 2.34. The van der Waals surface area contributed by atoms with Crippen LogP contribution in [0.4, 0.5) is 10.1 Å². The quantitative estimate of drug-likeness (QED) is 0.624. The number of benzene rings is 2. The molecule has 0 aliphatic carbocycles. The Morgan fingerprint density at radius 3 is 2.85 bits per heavy atom. The Kier molecular flexibility index (Phi) is 5.16. The summed E-state index contributed by atoms with van der Waals surface area (Å²) in [7, 11) is 0. The second-order valence-corrected chi connectivity index (χ2v) is 5.46. The number of hydrogen-bond donors (Lipinski definition) is 1. The molecule has 9 heteroatoms. The Labute approximate surface area is 147 Å². The zero-order valence-corrected chi connectivity index (χ0v) is 13.5. The second-order valence-electron chi connectivity index (χ2n) is 5.46. The van der Waals surface area contributed by atoms with Crippen LogP contribution in [0.25, 0.3) is 0 Å². The number of nitro groups is 1. The van der Waals surface area contributed by atoms with E-state index in [-0.39, 0.29) is 25.0 Å². The van der Waals surface area contributed by atoms with Crippen molar-refractivity contribution in [3.8, 4) is 17.2 Å². The molecule has 0 saturated carbocycles. The number of nitrogens with one attached hydrogen (secondary N) is 1. The van der Waals surface area contributed by atoms with Gasteiger partial charge in [-0.25, -0.2) is 4.39 Å². The summed E-state index contributed by atoms with van der Waals surface area (Å²) in [5.74, 6) is -0.304. The van der Waals surface area contributed by atoms with Crippen LogP contribution in [0, 0.1) is 15.9 Å². The van der Waals surface area contributed by atoms with Gasteiger partial charge in [-0.05, 0) is 18.2 Å². The first kappa shape index (κ1) is 17.5. The molecule has 0 bridgehead atoms. The van der Waals surface area contributed by atoms with Crippen molar-refractivity contribution in [2.24, 2.45) is 0 Å². The molecule has 0 spiro atoms. The number of nitrogens with zero attached hydrogens (tertiary/aromatic N) is 1. The van der Waals surface area contributed by atoms with Crippen LogP contribution in [0.5, 0.6) is 17.2 Å². The van der Waals surface area contributed by atoms with E-state index in [0.717, 1.165) is 18.2 Å². The molecule has 0 aromatic heterocycles. The molecule has 3 rings (SSSR count). The largest absolute Gasteiger partial charge is 0.486 e. The van der Waals surface area contributed by atoms with Crippen molar-refractivity contribution in [1.29, 1.82) is 0 Å². The van der Waals surface area contributed by atoms with Crippen molar-refractivity contribution in [3.05, 3.63) is 58.4 Å². The zero-order chi connectivity index (χ0) is 18.5. The average molecular weight is 362 g/mol. The van der Waals surface area contributed by atoms with Crippen LogP contribution in [0.15, 0.2) is 42.5 Å². The van der Waals surface area contributed by atoms with Gasteiger partial charge in [-0.2, -0.15) is 0 Å². The maximum Gasteiger partial charge on any atom is 0.311 e. The molecule has 0 radical (unpaired) electrons. The average Bonchev–Trinajstić information content (AvgIpc) is 2.64. The molecule has 0 saturated heterocycles. The van der Waals surface area contributed by atoms with Gasteiger partial charge in [0, 0.05) is 12.1 Å². The number of fused-ring (bicyclic) bond motifs is 1. The molecule has 1 atom stereocenters. The molecule has 0 unspecified atom stereocenters. The van der Waals surface area contributed by atoms with E-state index in [1.165, 1.54) is 0 Å². The maximum atomic E-state index is 13.2. The summed E-state index contributed by atoms with van der Waals surface area (Å²) in [4.78, 5) is 22.0. The van der Waals surface area contributed by atoms with Crippen LogP contribution in [0.3, 0.4) is 0 Å². The van der Waals surface area contributed by atoms with E-state index in [1.807, 2.05) is 12.1 Å². The SMILES string of the molecule is O=C(COc1cc(F)ccc1[N+](=O)[O-])NC[C@H]1COc2ccccc2O1. The lowest BCUT2D eigenvalue weighted by Crippen LogP contribution is -2.42. The highest BCUT2D eigenvalue weighted by Crippen LogP contribution is 2.30. The van der Waals surface area contributed by atoms with Gasteiger partial charge < -0.3 is 19.5 Å². The number of nitro benzene ring substituents is 1. The van der Waals surface area contributed by atoms with Crippen molar-refractivity contribution in [2.45, 2.75) is 6.10 Å². The fourth-order valence-corrected chi connectivity index (χ4v) is 2.34. The summed E-state index contributed by atoms with van der Waals surface area (Å²) < 4.78 is 29.5. The first-order valence-electron chi connectivity index (χ1n) is 7.75. The Bertz CT molecular complexity index is 829. The predicted octanol–water partition coefficient (Wildman–Crippen LogP) is 2.07. The summed E-state index contributed by atoms with van der Waals surface area (Å²) in [6, 6.07) is 9.96. The Hall–Kier alpha value is -3.36. The highest BCUT2D eigenvalue weighted by molar-refractivity contribution is 5.77. The van der Waals surface area contributed by atoms with Crippen LogP contribution >= 0.6 is 0 Å². The molecule has 1 N–H and O–H groups in total. The monoisotopic (exact) mass is 362 g/mol. The third-order valence-corrected chi connectivity index (χ3v) is 3.57. The van der Waals surface area contributed by atoms with Crippen molar-refractivity contribution in [3.63, 3.8) is 0 Å².